The van der Waals surface area contributed by atoms with Crippen LogP contribution in [0.1, 0.15) is 49.3 Å². The van der Waals surface area contributed by atoms with Crippen LogP contribution < -0.4 is 20.7 Å². The average molecular weight is 536 g/mol. The Bertz CT molecular complexity index is 1430. The van der Waals surface area contributed by atoms with Gasteiger partial charge in [0.25, 0.3) is 5.91 Å². The third kappa shape index (κ3) is 6.03. The number of carbonyl (C=O) groups excluding carboxylic acids is 2. The van der Waals surface area contributed by atoms with Crippen LogP contribution in [0.2, 0.25) is 5.02 Å². The van der Waals surface area contributed by atoms with E-state index in [0.29, 0.717) is 51.9 Å². The predicted molar refractivity (Wildman–Crippen MR) is 147 cm³/mol. The summed E-state index contributed by atoms with van der Waals surface area (Å²) in [4.78, 5) is 32.7. The van der Waals surface area contributed by atoms with Crippen LogP contribution in [0.5, 0.6) is 5.75 Å². The first-order valence-electron chi connectivity index (χ1n) is 12.2. The van der Waals surface area contributed by atoms with E-state index in [0.717, 1.165) is 11.3 Å². The van der Waals surface area contributed by atoms with Crippen LogP contribution in [-0.2, 0) is 11.2 Å². The third-order valence-corrected chi connectivity index (χ3v) is 5.94. The van der Waals surface area contributed by atoms with Gasteiger partial charge in [0.1, 0.15) is 5.60 Å². The maximum Gasteiger partial charge on any atom is 0.408 e. The molecule has 2 aromatic heterocycles. The van der Waals surface area contributed by atoms with Crippen molar-refractivity contribution < 1.29 is 19.1 Å². The molecule has 0 radical (unpaired) electrons. The van der Waals surface area contributed by atoms with Crippen molar-refractivity contribution in [1.82, 2.24) is 20.6 Å². The number of para-hydroxylation sites is 1. The normalized spacial score (nSPS) is 13.4. The maximum atomic E-state index is 12.9. The van der Waals surface area contributed by atoms with E-state index in [-0.39, 0.29) is 5.91 Å². The summed E-state index contributed by atoms with van der Waals surface area (Å²) in [5.41, 5.74) is 3.93. The zero-order valence-electron chi connectivity index (χ0n) is 21.9. The number of hydrogen-bond donors (Lipinski definition) is 4. The SMILES string of the molecule is COc1c(Cl)cccc1Nc1c(-c2ccncc2C#C[C@@H](C)NC(=O)OC(C)(C)C)[nH]c2c1C(=O)NCC2. The number of amides is 2. The number of fused-ring (bicyclic) bond motifs is 1. The van der Waals surface area contributed by atoms with E-state index < -0.39 is 17.7 Å². The van der Waals surface area contributed by atoms with Gasteiger partial charge in [-0.2, -0.15) is 0 Å². The first kappa shape index (κ1) is 26.9. The molecule has 2 amide bonds. The van der Waals surface area contributed by atoms with Crippen LogP contribution in [0, 0.1) is 11.8 Å². The Morgan fingerprint density at radius 1 is 1.26 bits per heavy atom. The summed E-state index contributed by atoms with van der Waals surface area (Å²) in [6.07, 6.45) is 3.40. The van der Waals surface area contributed by atoms with Gasteiger partial charge < -0.3 is 30.4 Å². The minimum absolute atomic E-state index is 0.186. The monoisotopic (exact) mass is 535 g/mol. The molecule has 3 aromatic rings. The summed E-state index contributed by atoms with van der Waals surface area (Å²) in [6, 6.07) is 6.70. The first-order valence-corrected chi connectivity index (χ1v) is 12.5. The summed E-state index contributed by atoms with van der Waals surface area (Å²) in [5, 5.41) is 9.43. The van der Waals surface area contributed by atoms with E-state index in [9.17, 15) is 9.59 Å². The standard InChI is InChI=1S/C28H30ClN5O4/c1-16(32-27(36)38-28(2,3)4)9-10-17-15-30-13-11-18(17)23-24(22-20(33-23)12-14-31-26(22)35)34-21-8-6-7-19(29)25(21)37-5/h6-8,11,13,15-16,33-34H,12,14H2,1-5H3,(H,31,35)(H,32,36)/t16-/m1/s1. The first-order chi connectivity index (χ1) is 18.1. The Balaban J connectivity index is 1.74. The number of ether oxygens (including phenoxy) is 2. The number of pyridine rings is 1. The molecular formula is C28H30ClN5O4. The molecule has 1 atom stereocenters. The Morgan fingerprint density at radius 3 is 2.79 bits per heavy atom. The van der Waals surface area contributed by atoms with Gasteiger partial charge >= 0.3 is 6.09 Å². The number of rotatable bonds is 5. The van der Waals surface area contributed by atoms with Crippen molar-refractivity contribution in [3.05, 3.63) is 58.5 Å². The fraction of sp³-hybridized carbons (Fsp3) is 0.321. The molecule has 0 bridgehead atoms. The van der Waals surface area contributed by atoms with Gasteiger partial charge in [-0.1, -0.05) is 29.5 Å². The molecule has 0 aliphatic carbocycles. The summed E-state index contributed by atoms with van der Waals surface area (Å²) in [7, 11) is 1.54. The van der Waals surface area contributed by atoms with Crippen molar-refractivity contribution in [2.75, 3.05) is 19.0 Å². The van der Waals surface area contributed by atoms with Crippen molar-refractivity contribution in [1.29, 1.82) is 0 Å². The van der Waals surface area contributed by atoms with E-state index in [1.165, 1.54) is 7.11 Å². The van der Waals surface area contributed by atoms with Crippen molar-refractivity contribution in [3.63, 3.8) is 0 Å². The van der Waals surface area contributed by atoms with Crippen LogP contribution in [0.15, 0.2) is 36.7 Å². The highest BCUT2D eigenvalue weighted by molar-refractivity contribution is 6.32. The highest BCUT2D eigenvalue weighted by Gasteiger charge is 2.28. The number of alkyl carbamates (subject to hydrolysis) is 1. The molecule has 10 heteroatoms. The van der Waals surface area contributed by atoms with Gasteiger partial charge in [0.2, 0.25) is 0 Å². The molecule has 4 rings (SSSR count). The fourth-order valence-electron chi connectivity index (χ4n) is 4.07. The van der Waals surface area contributed by atoms with E-state index in [1.54, 1.807) is 52.2 Å². The molecule has 1 aliphatic rings. The molecule has 198 valence electrons. The minimum Gasteiger partial charge on any atom is -0.493 e. The van der Waals surface area contributed by atoms with Gasteiger partial charge in [-0.15, -0.1) is 0 Å². The largest absolute Gasteiger partial charge is 0.493 e. The number of H-pyrrole nitrogens is 1. The van der Waals surface area contributed by atoms with Crippen molar-refractivity contribution in [2.24, 2.45) is 0 Å². The third-order valence-electron chi connectivity index (χ3n) is 5.64. The fourth-order valence-corrected chi connectivity index (χ4v) is 4.33. The second-order valence-corrected chi connectivity index (χ2v) is 10.1. The van der Waals surface area contributed by atoms with Crippen molar-refractivity contribution in [2.45, 2.75) is 45.8 Å². The molecule has 0 spiro atoms. The Morgan fingerprint density at radius 2 is 2.05 bits per heavy atom. The number of aromatic amines is 1. The van der Waals surface area contributed by atoms with E-state index >= 15 is 0 Å². The minimum atomic E-state index is -0.609. The summed E-state index contributed by atoms with van der Waals surface area (Å²) in [5.74, 6) is 6.43. The van der Waals surface area contributed by atoms with Crippen LogP contribution >= 0.6 is 11.6 Å². The Kier molecular flexibility index (Phi) is 7.83. The molecule has 0 saturated heterocycles. The lowest BCUT2D eigenvalue weighted by atomic mass is 10.0. The second kappa shape index (κ2) is 11.1. The lowest BCUT2D eigenvalue weighted by Crippen LogP contribution is -2.37. The van der Waals surface area contributed by atoms with Crippen LogP contribution in [0.3, 0.4) is 0 Å². The molecule has 38 heavy (non-hydrogen) atoms. The van der Waals surface area contributed by atoms with E-state index in [2.05, 4.69) is 37.8 Å². The number of benzene rings is 1. The quantitative estimate of drug-likeness (QED) is 0.340. The molecule has 0 fully saturated rings. The predicted octanol–water partition coefficient (Wildman–Crippen LogP) is 5.03. The number of methoxy groups -OCH3 is 1. The number of aromatic nitrogens is 2. The lowest BCUT2D eigenvalue weighted by Gasteiger charge is -2.20. The number of nitrogens with one attached hydrogen (secondary N) is 4. The molecule has 0 saturated carbocycles. The average Bonchev–Trinajstić information content (AvgIpc) is 3.21. The number of anilines is 2. The molecule has 1 aliphatic heterocycles. The molecule has 9 nitrogen and oxygen atoms in total. The number of halogens is 1. The maximum absolute atomic E-state index is 12.9. The number of nitrogens with zero attached hydrogens (tertiary/aromatic N) is 1. The highest BCUT2D eigenvalue weighted by Crippen LogP contribution is 2.41. The molecular weight excluding hydrogens is 506 g/mol. The van der Waals surface area contributed by atoms with E-state index in [1.807, 2.05) is 12.1 Å². The van der Waals surface area contributed by atoms with Crippen molar-refractivity contribution >= 4 is 35.0 Å². The number of hydrogen-bond acceptors (Lipinski definition) is 6. The molecule has 0 unspecified atom stereocenters. The molecule has 3 heterocycles. The Labute approximate surface area is 226 Å². The van der Waals surface area contributed by atoms with Gasteiger partial charge in [0, 0.05) is 36.6 Å². The van der Waals surface area contributed by atoms with Gasteiger partial charge in [-0.05, 0) is 45.9 Å². The van der Waals surface area contributed by atoms with Gasteiger partial charge in [-0.3, -0.25) is 9.78 Å². The molecule has 4 N–H and O–H groups in total. The topological polar surface area (TPSA) is 117 Å². The van der Waals surface area contributed by atoms with E-state index in [4.69, 9.17) is 21.1 Å². The van der Waals surface area contributed by atoms with Gasteiger partial charge in [0.05, 0.1) is 46.4 Å². The zero-order chi connectivity index (χ0) is 27.4. The summed E-state index contributed by atoms with van der Waals surface area (Å²) in [6.45, 7) is 7.69. The van der Waals surface area contributed by atoms with Crippen LogP contribution in [0.4, 0.5) is 16.2 Å². The van der Waals surface area contributed by atoms with Crippen LogP contribution in [-0.4, -0.2) is 47.3 Å². The van der Waals surface area contributed by atoms with Crippen LogP contribution in [0.25, 0.3) is 11.3 Å². The number of carbonyl (C=O) groups is 2. The highest BCUT2D eigenvalue weighted by atomic mass is 35.5. The van der Waals surface area contributed by atoms with Gasteiger partial charge in [0.15, 0.2) is 5.75 Å². The molecule has 1 aromatic carbocycles. The Hall–Kier alpha value is -4.16. The zero-order valence-corrected chi connectivity index (χ0v) is 22.7. The lowest BCUT2D eigenvalue weighted by molar-refractivity contribution is 0.0519. The summed E-state index contributed by atoms with van der Waals surface area (Å²) < 4.78 is 10.8. The summed E-state index contributed by atoms with van der Waals surface area (Å²) >= 11 is 6.35. The van der Waals surface area contributed by atoms with Crippen molar-refractivity contribution in [3.8, 4) is 28.8 Å². The second-order valence-electron chi connectivity index (χ2n) is 9.74. The van der Waals surface area contributed by atoms with Gasteiger partial charge in [-0.25, -0.2) is 4.79 Å². The smallest absolute Gasteiger partial charge is 0.408 e.